The van der Waals surface area contributed by atoms with Crippen molar-refractivity contribution in [1.29, 1.82) is 0 Å². The van der Waals surface area contributed by atoms with Crippen LogP contribution in [0.2, 0.25) is 0 Å². The van der Waals surface area contributed by atoms with Crippen LogP contribution in [0.15, 0.2) is 18.2 Å². The summed E-state index contributed by atoms with van der Waals surface area (Å²) in [6, 6.07) is 4.21. The number of aliphatic hydroxyl groups excluding tert-OH is 1. The Morgan fingerprint density at radius 2 is 2.18 bits per heavy atom. The van der Waals surface area contributed by atoms with Gasteiger partial charge in [0.15, 0.2) is 5.69 Å². The molecule has 8 nitrogen and oxygen atoms in total. The Morgan fingerprint density at radius 3 is 2.82 bits per heavy atom. The number of rotatable bonds is 4. The zero-order valence-corrected chi connectivity index (χ0v) is 11.8. The molecule has 3 N–H and O–H groups in total. The molecule has 0 bridgehead atoms. The molecule has 0 saturated heterocycles. The van der Waals surface area contributed by atoms with Crippen LogP contribution in [0.1, 0.15) is 36.2 Å². The Balaban J connectivity index is 1.93. The number of aromatic nitrogens is 2. The fourth-order valence-corrected chi connectivity index (χ4v) is 2.96. The highest BCUT2D eigenvalue weighted by atomic mass is 16.6. The summed E-state index contributed by atoms with van der Waals surface area (Å²) in [5, 5.41) is 30.3. The summed E-state index contributed by atoms with van der Waals surface area (Å²) in [4.78, 5) is 22.8. The van der Waals surface area contributed by atoms with Crippen LogP contribution >= 0.6 is 0 Å². The number of non-ortho nitro benzene ring substituents is 1. The predicted octanol–water partition coefficient (Wildman–Crippen LogP) is 1.51. The van der Waals surface area contributed by atoms with Gasteiger partial charge in [0.1, 0.15) is 0 Å². The molecule has 1 heterocycles. The molecular weight excluding hydrogens is 288 g/mol. The van der Waals surface area contributed by atoms with Gasteiger partial charge in [-0.1, -0.05) is 12.8 Å². The van der Waals surface area contributed by atoms with Crippen LogP contribution in [-0.4, -0.2) is 38.3 Å². The minimum absolute atomic E-state index is 0.0966. The van der Waals surface area contributed by atoms with Crippen LogP contribution in [0.4, 0.5) is 5.69 Å². The minimum Gasteiger partial charge on any atom is -0.394 e. The van der Waals surface area contributed by atoms with Crippen LogP contribution in [0.3, 0.4) is 0 Å². The first-order valence-corrected chi connectivity index (χ1v) is 7.11. The minimum atomic E-state index is -0.608. The number of aromatic amines is 1. The van der Waals surface area contributed by atoms with Crippen LogP contribution in [0.5, 0.6) is 0 Å². The highest BCUT2D eigenvalue weighted by Crippen LogP contribution is 2.30. The van der Waals surface area contributed by atoms with Gasteiger partial charge in [-0.05, 0) is 18.9 Å². The van der Waals surface area contributed by atoms with Gasteiger partial charge in [-0.15, -0.1) is 0 Å². The molecule has 1 saturated carbocycles. The number of nitro benzene ring substituents is 1. The maximum absolute atomic E-state index is 12.4. The summed E-state index contributed by atoms with van der Waals surface area (Å²) in [6.45, 7) is -0.124. The van der Waals surface area contributed by atoms with E-state index >= 15 is 0 Å². The third-order valence-corrected chi connectivity index (χ3v) is 4.21. The van der Waals surface area contributed by atoms with Crippen molar-refractivity contribution in [3.05, 3.63) is 34.0 Å². The number of aliphatic hydroxyl groups is 1. The molecular formula is C14H16N4O4. The summed E-state index contributed by atoms with van der Waals surface area (Å²) in [7, 11) is 0. The lowest BCUT2D eigenvalue weighted by Gasteiger charge is -2.27. The monoisotopic (exact) mass is 304 g/mol. The Hall–Kier alpha value is -2.48. The summed E-state index contributed by atoms with van der Waals surface area (Å²) < 4.78 is 0. The maximum atomic E-state index is 12.4. The number of carbonyl (C=O) groups is 1. The first-order valence-electron chi connectivity index (χ1n) is 7.11. The van der Waals surface area contributed by atoms with Gasteiger partial charge in [0, 0.05) is 17.5 Å². The lowest BCUT2D eigenvalue weighted by atomic mass is 9.98. The zero-order valence-electron chi connectivity index (χ0n) is 11.8. The number of fused-ring (bicyclic) bond motifs is 1. The smallest absolute Gasteiger partial charge is 0.272 e. The Morgan fingerprint density at radius 1 is 1.45 bits per heavy atom. The maximum Gasteiger partial charge on any atom is 0.272 e. The third-order valence-electron chi connectivity index (χ3n) is 4.21. The molecule has 1 aliphatic rings. The number of H-pyrrole nitrogens is 1. The number of hydrogen-bond acceptors (Lipinski definition) is 5. The molecule has 116 valence electrons. The summed E-state index contributed by atoms with van der Waals surface area (Å²) in [6.07, 6.45) is 3.34. The van der Waals surface area contributed by atoms with Crippen LogP contribution in [-0.2, 0) is 0 Å². The molecule has 0 aliphatic heterocycles. The van der Waals surface area contributed by atoms with Crippen molar-refractivity contribution >= 4 is 22.5 Å². The van der Waals surface area contributed by atoms with Crippen LogP contribution in [0, 0.1) is 10.1 Å². The highest BCUT2D eigenvalue weighted by Gasteiger charge is 2.35. The second-order valence-corrected chi connectivity index (χ2v) is 5.66. The Kier molecular flexibility index (Phi) is 3.53. The standard InChI is InChI=1S/C14H16N4O4/c19-8-14(5-1-2-6-14)15-13(20)12-10-7-9(18(21)22)3-4-11(10)16-17-12/h3-4,7,19H,1-2,5-6,8H2,(H,15,20)(H,16,17). The lowest BCUT2D eigenvalue weighted by Crippen LogP contribution is -2.49. The fraction of sp³-hybridized carbons (Fsp3) is 0.429. The highest BCUT2D eigenvalue weighted by molar-refractivity contribution is 6.05. The molecule has 2 aromatic rings. The number of nitrogens with one attached hydrogen (secondary N) is 2. The summed E-state index contributed by atoms with van der Waals surface area (Å²) in [5.74, 6) is -0.428. The topological polar surface area (TPSA) is 121 Å². The van der Waals surface area contributed by atoms with Gasteiger partial charge in [-0.3, -0.25) is 20.0 Å². The predicted molar refractivity (Wildman–Crippen MR) is 78.5 cm³/mol. The fourth-order valence-electron chi connectivity index (χ4n) is 2.96. The quantitative estimate of drug-likeness (QED) is 0.584. The van der Waals surface area contributed by atoms with E-state index in [0.717, 1.165) is 25.7 Å². The second-order valence-electron chi connectivity index (χ2n) is 5.66. The van der Waals surface area contributed by atoms with E-state index in [4.69, 9.17) is 0 Å². The molecule has 1 aliphatic carbocycles. The molecule has 1 fully saturated rings. The number of nitro groups is 1. The second kappa shape index (κ2) is 5.38. The molecule has 8 heteroatoms. The van der Waals surface area contributed by atoms with E-state index in [1.54, 1.807) is 0 Å². The summed E-state index contributed by atoms with van der Waals surface area (Å²) in [5.41, 5.74) is -0.0392. The number of carbonyl (C=O) groups excluding carboxylic acids is 1. The van der Waals surface area contributed by atoms with E-state index in [9.17, 15) is 20.0 Å². The molecule has 3 rings (SSSR count). The molecule has 0 atom stereocenters. The van der Waals surface area contributed by atoms with Gasteiger partial charge in [0.25, 0.3) is 11.6 Å². The van der Waals surface area contributed by atoms with Crippen molar-refractivity contribution in [2.24, 2.45) is 0 Å². The first kappa shape index (κ1) is 14.5. The molecule has 0 radical (unpaired) electrons. The van der Waals surface area contributed by atoms with Gasteiger partial charge < -0.3 is 10.4 Å². The molecule has 0 unspecified atom stereocenters. The van der Waals surface area contributed by atoms with E-state index in [0.29, 0.717) is 10.9 Å². The van der Waals surface area contributed by atoms with Crippen molar-refractivity contribution < 1.29 is 14.8 Å². The lowest BCUT2D eigenvalue weighted by molar-refractivity contribution is -0.384. The van der Waals surface area contributed by atoms with E-state index in [1.807, 2.05) is 0 Å². The van der Waals surface area contributed by atoms with Gasteiger partial charge in [0.2, 0.25) is 0 Å². The van der Waals surface area contributed by atoms with Crippen molar-refractivity contribution in [1.82, 2.24) is 15.5 Å². The van der Waals surface area contributed by atoms with E-state index < -0.39 is 16.4 Å². The van der Waals surface area contributed by atoms with Gasteiger partial charge in [-0.25, -0.2) is 0 Å². The van der Waals surface area contributed by atoms with Crippen LogP contribution < -0.4 is 5.32 Å². The third kappa shape index (κ3) is 2.41. The first-order chi connectivity index (χ1) is 10.5. The van der Waals surface area contributed by atoms with E-state index in [2.05, 4.69) is 15.5 Å². The number of nitrogens with zero attached hydrogens (tertiary/aromatic N) is 2. The SMILES string of the molecule is O=C(NC1(CO)CCCC1)c1n[nH]c2ccc([N+](=O)[O-])cc12. The van der Waals surface area contributed by atoms with Crippen molar-refractivity contribution in [2.45, 2.75) is 31.2 Å². The van der Waals surface area contributed by atoms with Crippen molar-refractivity contribution in [3.63, 3.8) is 0 Å². The van der Waals surface area contributed by atoms with Gasteiger partial charge in [-0.2, -0.15) is 5.10 Å². The summed E-state index contributed by atoms with van der Waals surface area (Å²) >= 11 is 0. The van der Waals surface area contributed by atoms with E-state index in [-0.39, 0.29) is 18.0 Å². The number of benzene rings is 1. The van der Waals surface area contributed by atoms with Crippen molar-refractivity contribution in [3.8, 4) is 0 Å². The average Bonchev–Trinajstić information content (AvgIpc) is 3.13. The van der Waals surface area contributed by atoms with Crippen molar-refractivity contribution in [2.75, 3.05) is 6.61 Å². The van der Waals surface area contributed by atoms with Gasteiger partial charge in [0.05, 0.1) is 22.6 Å². The number of hydrogen-bond donors (Lipinski definition) is 3. The largest absolute Gasteiger partial charge is 0.394 e. The Labute approximate surface area is 125 Å². The molecule has 1 aromatic carbocycles. The molecule has 0 spiro atoms. The number of amides is 1. The van der Waals surface area contributed by atoms with Gasteiger partial charge >= 0.3 is 0 Å². The van der Waals surface area contributed by atoms with E-state index in [1.165, 1.54) is 18.2 Å². The Bertz CT molecular complexity index is 734. The zero-order chi connectivity index (χ0) is 15.7. The normalized spacial score (nSPS) is 16.8. The molecule has 1 aromatic heterocycles. The van der Waals surface area contributed by atoms with Crippen LogP contribution in [0.25, 0.3) is 10.9 Å². The molecule has 22 heavy (non-hydrogen) atoms. The average molecular weight is 304 g/mol. The molecule has 1 amide bonds.